The van der Waals surface area contributed by atoms with Crippen molar-refractivity contribution in [2.75, 3.05) is 11.9 Å². The summed E-state index contributed by atoms with van der Waals surface area (Å²) in [4.78, 5) is 18.4. The molecule has 90 valence electrons. The number of carbonyl (C=O) groups excluding carboxylic acids is 1. The number of anilines is 1. The first-order chi connectivity index (χ1) is 7.74. The Balaban J connectivity index is 2.15. The Hall–Kier alpha value is -1.32. The fourth-order valence-electron chi connectivity index (χ4n) is 1.82. The molecule has 1 atom stereocenters. The third-order valence-electron chi connectivity index (χ3n) is 2.73. The molecule has 4 nitrogen and oxygen atoms in total. The standard InChI is InChI=1S/C12H21N3O/c1-3-5-11(10(2)16)6-4-7-13-12-14-8-9-15-12/h8-9,11H,3-7H2,1-2H3,(H2,13,14,15). The zero-order chi connectivity index (χ0) is 11.8. The van der Waals surface area contributed by atoms with Gasteiger partial charge in [0.15, 0.2) is 5.95 Å². The minimum Gasteiger partial charge on any atom is -0.356 e. The molecule has 0 aliphatic rings. The number of aromatic amines is 1. The SMILES string of the molecule is CCCC(CCCNc1ncc[nH]1)C(C)=O. The first-order valence-corrected chi connectivity index (χ1v) is 5.97. The van der Waals surface area contributed by atoms with Gasteiger partial charge in [0.25, 0.3) is 0 Å². The summed E-state index contributed by atoms with van der Waals surface area (Å²) < 4.78 is 0. The van der Waals surface area contributed by atoms with Crippen molar-refractivity contribution in [3.63, 3.8) is 0 Å². The fourth-order valence-corrected chi connectivity index (χ4v) is 1.82. The second-order valence-electron chi connectivity index (χ2n) is 4.10. The van der Waals surface area contributed by atoms with Gasteiger partial charge in [0.05, 0.1) is 0 Å². The third-order valence-corrected chi connectivity index (χ3v) is 2.73. The maximum absolute atomic E-state index is 11.3. The second-order valence-corrected chi connectivity index (χ2v) is 4.10. The van der Waals surface area contributed by atoms with Crippen LogP contribution in [0.3, 0.4) is 0 Å². The summed E-state index contributed by atoms with van der Waals surface area (Å²) in [5.41, 5.74) is 0. The first-order valence-electron chi connectivity index (χ1n) is 5.97. The van der Waals surface area contributed by atoms with Crippen molar-refractivity contribution in [1.29, 1.82) is 0 Å². The number of H-pyrrole nitrogens is 1. The van der Waals surface area contributed by atoms with E-state index in [1.165, 1.54) is 0 Å². The minimum absolute atomic E-state index is 0.239. The number of ketones is 1. The minimum atomic E-state index is 0.239. The number of hydrogen-bond acceptors (Lipinski definition) is 3. The maximum atomic E-state index is 11.3. The second kappa shape index (κ2) is 7.04. The van der Waals surface area contributed by atoms with Crippen molar-refractivity contribution in [3.8, 4) is 0 Å². The molecule has 2 N–H and O–H groups in total. The van der Waals surface area contributed by atoms with Gasteiger partial charge in [0.2, 0.25) is 0 Å². The number of aromatic nitrogens is 2. The summed E-state index contributed by atoms with van der Waals surface area (Å²) in [6, 6.07) is 0. The van der Waals surface area contributed by atoms with Crippen molar-refractivity contribution in [2.24, 2.45) is 5.92 Å². The van der Waals surface area contributed by atoms with Crippen molar-refractivity contribution in [1.82, 2.24) is 9.97 Å². The molecule has 0 aliphatic heterocycles. The quantitative estimate of drug-likeness (QED) is 0.666. The van der Waals surface area contributed by atoms with Gasteiger partial charge in [-0.25, -0.2) is 4.98 Å². The van der Waals surface area contributed by atoms with Gasteiger partial charge in [0, 0.05) is 24.9 Å². The van der Waals surface area contributed by atoms with Crippen LogP contribution in [0.1, 0.15) is 39.5 Å². The lowest BCUT2D eigenvalue weighted by atomic mass is 9.94. The Bertz CT molecular complexity index is 295. The van der Waals surface area contributed by atoms with E-state index in [4.69, 9.17) is 0 Å². The van der Waals surface area contributed by atoms with Gasteiger partial charge >= 0.3 is 0 Å². The molecule has 16 heavy (non-hydrogen) atoms. The highest BCUT2D eigenvalue weighted by atomic mass is 16.1. The zero-order valence-electron chi connectivity index (χ0n) is 10.1. The van der Waals surface area contributed by atoms with Crippen LogP contribution in [0.5, 0.6) is 0 Å². The molecule has 1 aromatic heterocycles. The van der Waals surface area contributed by atoms with Crippen LogP contribution in [-0.2, 0) is 4.79 Å². The van der Waals surface area contributed by atoms with Crippen molar-refractivity contribution >= 4 is 11.7 Å². The van der Waals surface area contributed by atoms with Gasteiger partial charge in [-0.05, 0) is 26.2 Å². The summed E-state index contributed by atoms with van der Waals surface area (Å²) in [5.74, 6) is 1.36. The summed E-state index contributed by atoms with van der Waals surface area (Å²) in [5, 5.41) is 3.18. The van der Waals surface area contributed by atoms with Gasteiger partial charge in [-0.1, -0.05) is 13.3 Å². The van der Waals surface area contributed by atoms with E-state index in [1.54, 1.807) is 19.3 Å². The van der Waals surface area contributed by atoms with Gasteiger partial charge in [0.1, 0.15) is 5.78 Å². The molecule has 0 radical (unpaired) electrons. The van der Waals surface area contributed by atoms with E-state index >= 15 is 0 Å². The van der Waals surface area contributed by atoms with E-state index in [-0.39, 0.29) is 5.92 Å². The smallest absolute Gasteiger partial charge is 0.200 e. The van der Waals surface area contributed by atoms with Crippen molar-refractivity contribution in [3.05, 3.63) is 12.4 Å². The van der Waals surface area contributed by atoms with E-state index in [0.717, 1.165) is 38.2 Å². The first kappa shape index (κ1) is 12.7. The summed E-state index contributed by atoms with van der Waals surface area (Å²) >= 11 is 0. The van der Waals surface area contributed by atoms with Crippen molar-refractivity contribution < 1.29 is 4.79 Å². The molecular weight excluding hydrogens is 202 g/mol. The molecule has 1 unspecified atom stereocenters. The molecule has 1 rings (SSSR count). The van der Waals surface area contributed by atoms with Crippen LogP contribution in [-0.4, -0.2) is 22.3 Å². The molecule has 0 aromatic carbocycles. The lowest BCUT2D eigenvalue weighted by Gasteiger charge is -2.12. The Kier molecular flexibility index (Phi) is 5.61. The largest absolute Gasteiger partial charge is 0.356 e. The van der Waals surface area contributed by atoms with E-state index in [2.05, 4.69) is 22.2 Å². The zero-order valence-corrected chi connectivity index (χ0v) is 10.1. The van der Waals surface area contributed by atoms with Crippen LogP contribution in [0, 0.1) is 5.92 Å². The van der Waals surface area contributed by atoms with Crippen LogP contribution in [0.15, 0.2) is 12.4 Å². The molecule has 1 aromatic rings. The average molecular weight is 223 g/mol. The lowest BCUT2D eigenvalue weighted by Crippen LogP contribution is -2.13. The predicted molar refractivity (Wildman–Crippen MR) is 65.4 cm³/mol. The van der Waals surface area contributed by atoms with Crippen LogP contribution in [0.4, 0.5) is 5.95 Å². The highest BCUT2D eigenvalue weighted by molar-refractivity contribution is 5.78. The Labute approximate surface area is 96.9 Å². The third kappa shape index (κ3) is 4.47. The van der Waals surface area contributed by atoms with Gasteiger partial charge < -0.3 is 10.3 Å². The van der Waals surface area contributed by atoms with Gasteiger partial charge in [-0.3, -0.25) is 4.79 Å². The predicted octanol–water partition coefficient (Wildman–Crippen LogP) is 2.61. The number of nitrogens with one attached hydrogen (secondary N) is 2. The monoisotopic (exact) mass is 223 g/mol. The van der Waals surface area contributed by atoms with E-state index in [0.29, 0.717) is 5.78 Å². The normalized spacial score (nSPS) is 12.4. The van der Waals surface area contributed by atoms with Crippen LogP contribution < -0.4 is 5.32 Å². The van der Waals surface area contributed by atoms with Crippen LogP contribution in [0.25, 0.3) is 0 Å². The molecule has 0 aliphatic carbocycles. The number of carbonyl (C=O) groups is 1. The van der Waals surface area contributed by atoms with Crippen LogP contribution in [0.2, 0.25) is 0 Å². The van der Waals surface area contributed by atoms with E-state index in [9.17, 15) is 4.79 Å². The van der Waals surface area contributed by atoms with Gasteiger partial charge in [-0.2, -0.15) is 0 Å². The summed E-state index contributed by atoms with van der Waals surface area (Å²) in [6.07, 6.45) is 7.57. The van der Waals surface area contributed by atoms with Crippen LogP contribution >= 0.6 is 0 Å². The Morgan fingerprint density at radius 2 is 2.38 bits per heavy atom. The molecule has 0 fully saturated rings. The maximum Gasteiger partial charge on any atom is 0.200 e. The molecule has 4 heteroatoms. The summed E-state index contributed by atoms with van der Waals surface area (Å²) in [7, 11) is 0. The number of hydrogen-bond donors (Lipinski definition) is 2. The molecule has 0 bridgehead atoms. The molecule has 1 heterocycles. The number of nitrogens with zero attached hydrogens (tertiary/aromatic N) is 1. The fraction of sp³-hybridized carbons (Fsp3) is 0.667. The number of Topliss-reactive ketones (excluding diaryl/α,β-unsaturated/α-hetero) is 1. The number of rotatable bonds is 8. The van der Waals surface area contributed by atoms with E-state index in [1.807, 2.05) is 0 Å². The highest BCUT2D eigenvalue weighted by Gasteiger charge is 2.12. The molecular formula is C12H21N3O. The lowest BCUT2D eigenvalue weighted by molar-refractivity contribution is -0.121. The summed E-state index contributed by atoms with van der Waals surface area (Å²) in [6.45, 7) is 4.68. The molecule has 0 saturated carbocycles. The van der Waals surface area contributed by atoms with E-state index < -0.39 is 0 Å². The average Bonchev–Trinajstić information content (AvgIpc) is 2.75. The highest BCUT2D eigenvalue weighted by Crippen LogP contribution is 2.14. The molecule has 0 spiro atoms. The molecule has 0 saturated heterocycles. The van der Waals surface area contributed by atoms with Crippen molar-refractivity contribution in [2.45, 2.75) is 39.5 Å². The Morgan fingerprint density at radius 3 is 2.94 bits per heavy atom. The Morgan fingerprint density at radius 1 is 1.56 bits per heavy atom. The molecule has 0 amide bonds. The topological polar surface area (TPSA) is 57.8 Å². The van der Waals surface area contributed by atoms with Gasteiger partial charge in [-0.15, -0.1) is 0 Å². The number of imidazole rings is 1.